The predicted molar refractivity (Wildman–Crippen MR) is 211 cm³/mol. The number of nitrogens with zero attached hydrogens (tertiary/aromatic N) is 7. The van der Waals surface area contributed by atoms with E-state index in [0.717, 1.165) is 62.6 Å². The number of piperidine rings is 2. The summed E-state index contributed by atoms with van der Waals surface area (Å²) in [6.45, 7) is 2.12. The fraction of sp³-hybridized carbons (Fsp3) is 0.463. The summed E-state index contributed by atoms with van der Waals surface area (Å²) in [5.74, 6) is -1.33. The SMILES string of the molecule is COc1cc2nn(C3CCC(CN(C)C4CCN(c5c(F)ccc6c5n(C)c(=O)n6C5CCC(=O)NC5=O)CC4)CC3)cc2cc1NC(=O)c1cccc(C(F)(F)F)n1. The topological polar surface area (TPSA) is 149 Å². The number of imidazole rings is 1. The minimum Gasteiger partial charge on any atom is -0.494 e. The lowest BCUT2D eigenvalue weighted by molar-refractivity contribution is -0.141. The third-order valence-corrected chi connectivity index (χ3v) is 12.2. The molecule has 2 aromatic carbocycles. The summed E-state index contributed by atoms with van der Waals surface area (Å²) in [6.07, 6.45) is 3.04. The molecule has 312 valence electrons. The number of benzene rings is 2. The molecular weight excluding hydrogens is 775 g/mol. The number of rotatable bonds is 9. The summed E-state index contributed by atoms with van der Waals surface area (Å²) in [7, 11) is 5.17. The number of ether oxygens (including phenoxy) is 1. The first-order valence-corrected chi connectivity index (χ1v) is 19.8. The maximum atomic E-state index is 15.6. The first kappa shape index (κ1) is 40.0. The first-order chi connectivity index (χ1) is 28.2. The van der Waals surface area contributed by atoms with Gasteiger partial charge in [0.05, 0.1) is 41.1 Å². The van der Waals surface area contributed by atoms with Crippen molar-refractivity contribution < 1.29 is 36.7 Å². The van der Waals surface area contributed by atoms with Gasteiger partial charge in [0.15, 0.2) is 0 Å². The molecule has 8 rings (SSSR count). The van der Waals surface area contributed by atoms with Gasteiger partial charge in [-0.25, -0.2) is 14.2 Å². The molecule has 3 fully saturated rings. The van der Waals surface area contributed by atoms with Crippen molar-refractivity contribution in [3.8, 4) is 5.75 Å². The van der Waals surface area contributed by atoms with Gasteiger partial charge in [-0.05, 0) is 88.2 Å². The highest BCUT2D eigenvalue weighted by Crippen LogP contribution is 2.38. The predicted octanol–water partition coefficient (Wildman–Crippen LogP) is 5.81. The van der Waals surface area contributed by atoms with Crippen molar-refractivity contribution in [1.29, 1.82) is 0 Å². The molecule has 0 bridgehead atoms. The highest BCUT2D eigenvalue weighted by atomic mass is 19.4. The maximum Gasteiger partial charge on any atom is 0.433 e. The number of methoxy groups -OCH3 is 1. The standard InChI is InChI=1S/C41H45F4N9O5/c1-50(25-15-17-52(18-16-25)36-27(42)11-12-31-37(36)51(2)40(58)54(31)32-13-14-35(55)48-39(32)57)21-23-7-9-26(10-8-23)53-22-24-19-30(33(59-3)20-29(24)49-53)47-38(56)28-5-4-6-34(46-28)41(43,44)45/h4-6,11-12,19-20,22-23,25-26,32H,7-10,13-18,21H2,1-3H3,(H,47,56)(H,48,55,57). The van der Waals surface area contributed by atoms with Crippen LogP contribution in [0.25, 0.3) is 21.9 Å². The molecular formula is C41H45F4N9O5. The van der Waals surface area contributed by atoms with Gasteiger partial charge < -0.3 is 19.9 Å². The van der Waals surface area contributed by atoms with Crippen molar-refractivity contribution >= 4 is 51.0 Å². The number of imide groups is 1. The zero-order valence-electron chi connectivity index (χ0n) is 32.9. The summed E-state index contributed by atoms with van der Waals surface area (Å²) in [4.78, 5) is 58.7. The molecule has 14 nitrogen and oxygen atoms in total. The smallest absolute Gasteiger partial charge is 0.433 e. The van der Waals surface area contributed by atoms with Crippen LogP contribution < -0.4 is 26.0 Å². The largest absolute Gasteiger partial charge is 0.494 e. The highest BCUT2D eigenvalue weighted by molar-refractivity contribution is 6.05. The van der Waals surface area contributed by atoms with Crippen LogP contribution in [0.1, 0.15) is 79.6 Å². The summed E-state index contributed by atoms with van der Waals surface area (Å²) in [6, 6.07) is 9.06. The number of halogens is 4. The number of carbonyl (C=O) groups is 3. The molecule has 2 saturated heterocycles. The van der Waals surface area contributed by atoms with Crippen molar-refractivity contribution in [1.82, 2.24) is 34.1 Å². The van der Waals surface area contributed by atoms with E-state index in [1.807, 2.05) is 15.8 Å². The Bertz CT molecular complexity index is 2500. The number of hydrogen-bond donors (Lipinski definition) is 2. The Kier molecular flexibility index (Phi) is 10.7. The van der Waals surface area contributed by atoms with Gasteiger partial charge in [0.2, 0.25) is 11.8 Å². The molecule has 3 amide bonds. The maximum absolute atomic E-state index is 15.6. The molecule has 2 aliphatic heterocycles. The molecule has 59 heavy (non-hydrogen) atoms. The molecule has 18 heteroatoms. The van der Waals surface area contributed by atoms with E-state index < -0.39 is 41.2 Å². The van der Waals surface area contributed by atoms with E-state index in [9.17, 15) is 32.3 Å². The number of pyridine rings is 1. The lowest BCUT2D eigenvalue weighted by atomic mass is 9.85. The third kappa shape index (κ3) is 7.77. The number of carbonyl (C=O) groups excluding carboxylic acids is 3. The number of fused-ring (bicyclic) bond motifs is 2. The van der Waals surface area contributed by atoms with E-state index >= 15 is 4.39 Å². The molecule has 5 heterocycles. The van der Waals surface area contributed by atoms with Crippen LogP contribution in [0.15, 0.2) is 53.5 Å². The van der Waals surface area contributed by atoms with E-state index in [0.29, 0.717) is 53.0 Å². The van der Waals surface area contributed by atoms with Crippen molar-refractivity contribution in [2.75, 3.05) is 44.0 Å². The van der Waals surface area contributed by atoms with Gasteiger partial charge in [0.25, 0.3) is 5.91 Å². The Morgan fingerprint density at radius 3 is 2.46 bits per heavy atom. The number of nitrogens with one attached hydrogen (secondary N) is 2. The van der Waals surface area contributed by atoms with Crippen molar-refractivity contribution in [3.05, 3.63) is 76.4 Å². The molecule has 0 spiro atoms. The molecule has 2 N–H and O–H groups in total. The van der Waals surface area contributed by atoms with E-state index in [2.05, 4.69) is 27.6 Å². The summed E-state index contributed by atoms with van der Waals surface area (Å²) >= 11 is 0. The van der Waals surface area contributed by atoms with Gasteiger partial charge in [-0.2, -0.15) is 18.3 Å². The van der Waals surface area contributed by atoms with E-state index in [-0.39, 0.29) is 36.2 Å². The van der Waals surface area contributed by atoms with Crippen LogP contribution in [-0.2, 0) is 22.8 Å². The lowest BCUT2D eigenvalue weighted by Crippen LogP contribution is -2.45. The molecule has 1 aliphatic carbocycles. The zero-order chi connectivity index (χ0) is 41.7. The Hall–Kier alpha value is -5.78. The van der Waals surface area contributed by atoms with Gasteiger partial charge >= 0.3 is 11.9 Å². The minimum absolute atomic E-state index is 0.122. The van der Waals surface area contributed by atoms with Crippen LogP contribution in [0.5, 0.6) is 5.75 Å². The van der Waals surface area contributed by atoms with Crippen LogP contribution in [0.4, 0.5) is 28.9 Å². The molecule has 1 atom stereocenters. The minimum atomic E-state index is -4.68. The Morgan fingerprint density at radius 1 is 1.02 bits per heavy atom. The Labute approximate surface area is 336 Å². The van der Waals surface area contributed by atoms with Crippen LogP contribution >= 0.6 is 0 Å². The number of alkyl halides is 3. The second-order valence-corrected chi connectivity index (χ2v) is 15.9. The Balaban J connectivity index is 0.876. The summed E-state index contributed by atoms with van der Waals surface area (Å²) < 4.78 is 65.4. The van der Waals surface area contributed by atoms with Gasteiger partial charge in [-0.15, -0.1) is 0 Å². The molecule has 1 unspecified atom stereocenters. The van der Waals surface area contributed by atoms with E-state index in [1.54, 1.807) is 19.2 Å². The number of aromatic nitrogens is 5. The van der Waals surface area contributed by atoms with Crippen LogP contribution in [0.2, 0.25) is 0 Å². The van der Waals surface area contributed by atoms with Gasteiger partial charge in [0, 0.05) is 56.8 Å². The lowest BCUT2D eigenvalue weighted by Gasteiger charge is -2.40. The second kappa shape index (κ2) is 15.8. The third-order valence-electron chi connectivity index (χ3n) is 12.2. The zero-order valence-corrected chi connectivity index (χ0v) is 32.9. The molecule has 3 aliphatic rings. The van der Waals surface area contributed by atoms with Gasteiger partial charge in [-0.1, -0.05) is 6.07 Å². The quantitative estimate of drug-likeness (QED) is 0.139. The molecule has 1 saturated carbocycles. The fourth-order valence-corrected chi connectivity index (χ4v) is 9.07. The van der Waals surface area contributed by atoms with E-state index in [1.165, 1.54) is 34.4 Å². The molecule has 3 aromatic heterocycles. The average molecular weight is 820 g/mol. The normalized spacial score (nSPS) is 20.7. The summed E-state index contributed by atoms with van der Waals surface area (Å²) in [5, 5.41) is 10.5. The van der Waals surface area contributed by atoms with Gasteiger partial charge in [-0.3, -0.25) is 33.5 Å². The average Bonchev–Trinajstić information content (AvgIpc) is 3.74. The number of amides is 3. The second-order valence-electron chi connectivity index (χ2n) is 15.9. The Morgan fingerprint density at radius 2 is 1.76 bits per heavy atom. The van der Waals surface area contributed by atoms with Crippen molar-refractivity contribution in [2.24, 2.45) is 13.0 Å². The van der Waals surface area contributed by atoms with Crippen LogP contribution in [-0.4, -0.2) is 86.4 Å². The summed E-state index contributed by atoms with van der Waals surface area (Å²) in [5.41, 5.74) is 0.247. The van der Waals surface area contributed by atoms with Crippen molar-refractivity contribution in [3.63, 3.8) is 0 Å². The first-order valence-electron chi connectivity index (χ1n) is 19.8. The molecule has 0 radical (unpaired) electrons. The van der Waals surface area contributed by atoms with Gasteiger partial charge in [0.1, 0.15) is 29.0 Å². The monoisotopic (exact) mass is 819 g/mol. The van der Waals surface area contributed by atoms with E-state index in [4.69, 9.17) is 9.84 Å². The number of aryl methyl sites for hydroxylation is 1. The molecule has 5 aromatic rings. The highest BCUT2D eigenvalue weighted by Gasteiger charge is 2.35. The fourth-order valence-electron chi connectivity index (χ4n) is 9.07. The van der Waals surface area contributed by atoms with Crippen LogP contribution in [0.3, 0.4) is 0 Å². The van der Waals surface area contributed by atoms with Crippen molar-refractivity contribution in [2.45, 2.75) is 75.7 Å². The van der Waals surface area contributed by atoms with Crippen LogP contribution in [0, 0.1) is 11.7 Å². The number of hydrogen-bond acceptors (Lipinski definition) is 9. The number of anilines is 2.